The second kappa shape index (κ2) is 9.16. The summed E-state index contributed by atoms with van der Waals surface area (Å²) in [5.74, 6) is 2.58. The fraction of sp³-hybridized carbons (Fsp3) is 0.609. The van der Waals surface area contributed by atoms with Crippen molar-refractivity contribution in [2.45, 2.75) is 76.6 Å². The van der Waals surface area contributed by atoms with Crippen LogP contribution in [0.3, 0.4) is 0 Å². The zero-order chi connectivity index (χ0) is 21.0. The minimum absolute atomic E-state index is 0.0762. The zero-order valence-corrected chi connectivity index (χ0v) is 18.4. The van der Waals surface area contributed by atoms with E-state index in [1.54, 1.807) is 0 Å². The number of benzene rings is 1. The predicted octanol–water partition coefficient (Wildman–Crippen LogP) is 3.41. The van der Waals surface area contributed by atoms with Crippen LogP contribution in [-0.2, 0) is 18.3 Å². The van der Waals surface area contributed by atoms with Gasteiger partial charge in [0.1, 0.15) is 12.4 Å². The van der Waals surface area contributed by atoms with E-state index < -0.39 is 0 Å². The molecule has 0 radical (unpaired) electrons. The van der Waals surface area contributed by atoms with E-state index in [0.29, 0.717) is 12.6 Å². The van der Waals surface area contributed by atoms with Gasteiger partial charge in [0.15, 0.2) is 11.8 Å². The molecule has 7 heteroatoms. The van der Waals surface area contributed by atoms with Crippen molar-refractivity contribution in [3.8, 4) is 0 Å². The molecule has 1 aliphatic carbocycles. The Morgan fingerprint density at radius 2 is 2.03 bits per heavy atom. The molecule has 2 heterocycles. The van der Waals surface area contributed by atoms with Crippen molar-refractivity contribution in [2.75, 3.05) is 6.61 Å². The van der Waals surface area contributed by atoms with Crippen LogP contribution >= 0.6 is 0 Å². The first-order chi connectivity index (χ1) is 14.5. The summed E-state index contributed by atoms with van der Waals surface area (Å²) in [5.41, 5.74) is 1.31. The highest BCUT2D eigenvalue weighted by atomic mass is 16.5. The van der Waals surface area contributed by atoms with E-state index in [2.05, 4.69) is 52.0 Å². The Morgan fingerprint density at radius 1 is 1.27 bits per heavy atom. The summed E-state index contributed by atoms with van der Waals surface area (Å²) in [4.78, 5) is 4.87. The van der Waals surface area contributed by atoms with E-state index in [-0.39, 0.29) is 11.6 Å². The molecule has 2 unspecified atom stereocenters. The first-order valence-electron chi connectivity index (χ1n) is 11.2. The van der Waals surface area contributed by atoms with Crippen LogP contribution in [0.1, 0.15) is 68.7 Å². The Bertz CT molecular complexity index is 856. The number of hydrogen-bond donors (Lipinski definition) is 2. The number of hydrogen-bond acceptors (Lipinski definition) is 4. The van der Waals surface area contributed by atoms with E-state index in [9.17, 15) is 0 Å². The number of aliphatic imine (C=N–C) groups is 1. The molecule has 2 aromatic rings. The second-order valence-corrected chi connectivity index (χ2v) is 8.74. The molecule has 2 atom stereocenters. The largest absolute Gasteiger partial charge is 0.375 e. The molecule has 1 aromatic heterocycles. The summed E-state index contributed by atoms with van der Waals surface area (Å²) in [7, 11) is 1.98. The van der Waals surface area contributed by atoms with Crippen LogP contribution in [0.4, 0.5) is 0 Å². The molecule has 1 aliphatic heterocycles. The number of aryl methyl sites for hydroxylation is 1. The van der Waals surface area contributed by atoms with Crippen molar-refractivity contribution in [3.63, 3.8) is 0 Å². The third-order valence-corrected chi connectivity index (χ3v) is 6.56. The topological polar surface area (TPSA) is 76.4 Å². The Kier molecular flexibility index (Phi) is 6.37. The molecule has 1 saturated heterocycles. The molecule has 1 saturated carbocycles. The fourth-order valence-electron chi connectivity index (χ4n) is 4.61. The SMILES string of the molecule is Cc1nnc(CN=C(NC2CCOC3(CCCC3)C2)NC(C)c2ccccc2)n1C. The summed E-state index contributed by atoms with van der Waals surface area (Å²) in [6.07, 6.45) is 6.99. The maximum atomic E-state index is 6.21. The van der Waals surface area contributed by atoms with E-state index >= 15 is 0 Å². The van der Waals surface area contributed by atoms with Gasteiger partial charge in [-0.3, -0.25) is 0 Å². The van der Waals surface area contributed by atoms with E-state index in [0.717, 1.165) is 37.1 Å². The zero-order valence-electron chi connectivity index (χ0n) is 18.4. The highest BCUT2D eigenvalue weighted by Crippen LogP contribution is 2.39. The number of nitrogens with zero attached hydrogens (tertiary/aromatic N) is 4. The number of aromatic nitrogens is 3. The van der Waals surface area contributed by atoms with Gasteiger partial charge in [0.2, 0.25) is 0 Å². The molecule has 162 valence electrons. The number of nitrogens with one attached hydrogen (secondary N) is 2. The number of guanidine groups is 1. The van der Waals surface area contributed by atoms with Crippen molar-refractivity contribution < 1.29 is 4.74 Å². The summed E-state index contributed by atoms with van der Waals surface area (Å²) in [6, 6.07) is 11.0. The van der Waals surface area contributed by atoms with Gasteiger partial charge in [-0.25, -0.2) is 4.99 Å². The quantitative estimate of drug-likeness (QED) is 0.584. The lowest BCUT2D eigenvalue weighted by molar-refractivity contribution is -0.0815. The van der Waals surface area contributed by atoms with Crippen LogP contribution in [-0.4, -0.2) is 39.0 Å². The molecule has 30 heavy (non-hydrogen) atoms. The minimum atomic E-state index is 0.0762. The molecule has 2 aliphatic rings. The summed E-state index contributed by atoms with van der Waals surface area (Å²) >= 11 is 0. The number of rotatable bonds is 5. The van der Waals surface area contributed by atoms with Crippen LogP contribution < -0.4 is 10.6 Å². The van der Waals surface area contributed by atoms with Crippen LogP contribution in [0.2, 0.25) is 0 Å². The highest BCUT2D eigenvalue weighted by molar-refractivity contribution is 5.80. The fourth-order valence-corrected chi connectivity index (χ4v) is 4.61. The van der Waals surface area contributed by atoms with Gasteiger partial charge in [0.25, 0.3) is 0 Å². The van der Waals surface area contributed by atoms with Gasteiger partial charge >= 0.3 is 0 Å². The van der Waals surface area contributed by atoms with Crippen molar-refractivity contribution in [1.29, 1.82) is 0 Å². The maximum Gasteiger partial charge on any atom is 0.192 e. The Labute approximate surface area is 179 Å². The van der Waals surface area contributed by atoms with Crippen molar-refractivity contribution >= 4 is 5.96 Å². The van der Waals surface area contributed by atoms with Crippen LogP contribution in [0.5, 0.6) is 0 Å². The molecule has 2 N–H and O–H groups in total. The van der Waals surface area contributed by atoms with Gasteiger partial charge in [-0.2, -0.15) is 0 Å². The lowest BCUT2D eigenvalue weighted by Gasteiger charge is -2.39. The first-order valence-corrected chi connectivity index (χ1v) is 11.2. The number of ether oxygens (including phenoxy) is 1. The Balaban J connectivity index is 1.48. The molecular weight excluding hydrogens is 376 g/mol. The molecule has 2 fully saturated rings. The molecule has 7 nitrogen and oxygen atoms in total. The highest BCUT2D eigenvalue weighted by Gasteiger charge is 2.40. The van der Waals surface area contributed by atoms with Crippen LogP contribution in [0.25, 0.3) is 0 Å². The Hall–Kier alpha value is -2.41. The van der Waals surface area contributed by atoms with Crippen molar-refractivity contribution in [2.24, 2.45) is 12.0 Å². The van der Waals surface area contributed by atoms with Gasteiger partial charge in [0, 0.05) is 19.7 Å². The summed E-state index contributed by atoms with van der Waals surface area (Å²) in [6.45, 7) is 5.43. The van der Waals surface area contributed by atoms with Gasteiger partial charge in [0.05, 0.1) is 11.6 Å². The molecular formula is C23H34N6O. The van der Waals surface area contributed by atoms with E-state index in [1.165, 1.54) is 31.2 Å². The lowest BCUT2D eigenvalue weighted by atomic mass is 9.89. The maximum absolute atomic E-state index is 6.21. The van der Waals surface area contributed by atoms with Gasteiger partial charge in [-0.1, -0.05) is 43.2 Å². The monoisotopic (exact) mass is 410 g/mol. The molecule has 0 bridgehead atoms. The third kappa shape index (κ3) is 4.83. The van der Waals surface area contributed by atoms with Gasteiger partial charge in [-0.05, 0) is 45.1 Å². The standard InChI is InChI=1S/C23H34N6O/c1-17(19-9-5-4-6-10-19)25-22(24-16-21-28-27-18(2)29(21)3)26-20-11-14-30-23(15-20)12-7-8-13-23/h4-6,9-10,17,20H,7-8,11-16H2,1-3H3,(H2,24,25,26). The summed E-state index contributed by atoms with van der Waals surface area (Å²) < 4.78 is 8.20. The van der Waals surface area contributed by atoms with E-state index in [1.807, 2.05) is 24.6 Å². The van der Waals surface area contributed by atoms with Gasteiger partial charge < -0.3 is 19.9 Å². The average Bonchev–Trinajstić information content (AvgIpc) is 3.33. The Morgan fingerprint density at radius 3 is 2.73 bits per heavy atom. The first kappa shape index (κ1) is 20.8. The molecule has 1 spiro atoms. The normalized spacial score (nSPS) is 22.2. The molecule has 1 aromatic carbocycles. The van der Waals surface area contributed by atoms with Crippen LogP contribution in [0.15, 0.2) is 35.3 Å². The minimum Gasteiger partial charge on any atom is -0.375 e. The predicted molar refractivity (Wildman–Crippen MR) is 118 cm³/mol. The third-order valence-electron chi connectivity index (χ3n) is 6.56. The van der Waals surface area contributed by atoms with E-state index in [4.69, 9.17) is 9.73 Å². The lowest BCUT2D eigenvalue weighted by Crippen LogP contribution is -2.51. The molecule has 0 amide bonds. The average molecular weight is 411 g/mol. The summed E-state index contributed by atoms with van der Waals surface area (Å²) in [5, 5.41) is 15.7. The second-order valence-electron chi connectivity index (χ2n) is 8.74. The van der Waals surface area contributed by atoms with Gasteiger partial charge in [-0.15, -0.1) is 10.2 Å². The molecule has 4 rings (SSSR count). The van der Waals surface area contributed by atoms with Crippen LogP contribution in [0, 0.1) is 6.92 Å². The smallest absolute Gasteiger partial charge is 0.192 e. The van der Waals surface area contributed by atoms with Crippen molar-refractivity contribution in [1.82, 2.24) is 25.4 Å². The van der Waals surface area contributed by atoms with Crippen molar-refractivity contribution in [3.05, 3.63) is 47.5 Å².